The van der Waals surface area contributed by atoms with E-state index < -0.39 is 26.3 Å². The van der Waals surface area contributed by atoms with E-state index in [1.54, 1.807) is 0 Å². The van der Waals surface area contributed by atoms with E-state index in [1.807, 2.05) is 0 Å². The predicted molar refractivity (Wildman–Crippen MR) is 66.5 cm³/mol. The second-order valence-corrected chi connectivity index (χ2v) is 5.71. The van der Waals surface area contributed by atoms with Crippen molar-refractivity contribution >= 4 is 33.5 Å². The van der Waals surface area contributed by atoms with Crippen molar-refractivity contribution in [1.29, 1.82) is 0 Å². The number of thiophene rings is 1. The topological polar surface area (TPSA) is 116 Å². The molecule has 0 radical (unpaired) electrons. The number of rotatable bonds is 4. The van der Waals surface area contributed by atoms with Crippen molar-refractivity contribution in [3.63, 3.8) is 0 Å². The third-order valence-corrected chi connectivity index (χ3v) is 4.75. The highest BCUT2D eigenvalue weighted by Gasteiger charge is 2.28. The molecule has 1 atom stereocenters. The second-order valence-electron chi connectivity index (χ2n) is 3.20. The first-order valence-corrected chi connectivity index (χ1v) is 6.78. The van der Waals surface area contributed by atoms with Gasteiger partial charge in [0.25, 0.3) is 5.69 Å². The standard InChI is InChI=1S/C9H5N3O5S2/c13-11(14)6-2-1-4-10-8(6)19(17)9-7(12(15)16)3-5-18-9/h1-5H. The van der Waals surface area contributed by atoms with Gasteiger partial charge in [-0.1, -0.05) is 0 Å². The van der Waals surface area contributed by atoms with Crippen LogP contribution in [0, 0.1) is 20.2 Å². The Morgan fingerprint density at radius 3 is 2.47 bits per heavy atom. The van der Waals surface area contributed by atoms with Crippen molar-refractivity contribution in [3.05, 3.63) is 50.0 Å². The summed E-state index contributed by atoms with van der Waals surface area (Å²) in [6.45, 7) is 0. The van der Waals surface area contributed by atoms with E-state index in [4.69, 9.17) is 0 Å². The van der Waals surface area contributed by atoms with Crippen LogP contribution in [0.15, 0.2) is 39.0 Å². The molecular weight excluding hydrogens is 294 g/mol. The molecule has 0 bridgehead atoms. The fourth-order valence-electron chi connectivity index (χ4n) is 1.31. The highest BCUT2D eigenvalue weighted by molar-refractivity contribution is 7.87. The maximum atomic E-state index is 12.2. The number of hydrogen-bond donors (Lipinski definition) is 0. The summed E-state index contributed by atoms with van der Waals surface area (Å²) in [5, 5.41) is 22.7. The molecule has 2 aromatic heterocycles. The lowest BCUT2D eigenvalue weighted by atomic mass is 10.4. The van der Waals surface area contributed by atoms with Gasteiger partial charge in [-0.3, -0.25) is 20.2 Å². The van der Waals surface area contributed by atoms with Crippen LogP contribution in [0.4, 0.5) is 11.4 Å². The first-order chi connectivity index (χ1) is 9.02. The summed E-state index contributed by atoms with van der Waals surface area (Å²) < 4.78 is 12.1. The minimum Gasteiger partial charge on any atom is -0.258 e. The number of nitro groups is 2. The van der Waals surface area contributed by atoms with Crippen LogP contribution in [0.1, 0.15) is 0 Å². The molecule has 2 heterocycles. The van der Waals surface area contributed by atoms with Gasteiger partial charge in [-0.05, 0) is 11.4 Å². The molecular formula is C9H5N3O5S2. The van der Waals surface area contributed by atoms with Gasteiger partial charge >= 0.3 is 5.69 Å². The van der Waals surface area contributed by atoms with Crippen molar-refractivity contribution in [1.82, 2.24) is 4.98 Å². The van der Waals surface area contributed by atoms with Gasteiger partial charge < -0.3 is 0 Å². The Hall–Kier alpha value is -2.20. The summed E-state index contributed by atoms with van der Waals surface area (Å²) in [4.78, 5) is 23.9. The van der Waals surface area contributed by atoms with E-state index in [0.29, 0.717) is 0 Å². The molecule has 8 nitrogen and oxygen atoms in total. The van der Waals surface area contributed by atoms with Gasteiger partial charge in [0, 0.05) is 18.3 Å². The summed E-state index contributed by atoms with van der Waals surface area (Å²) in [5.74, 6) is 0. The summed E-state index contributed by atoms with van der Waals surface area (Å²) >= 11 is 0.897. The average Bonchev–Trinajstić information content (AvgIpc) is 2.87. The second kappa shape index (κ2) is 5.20. The minimum atomic E-state index is -2.06. The quantitative estimate of drug-likeness (QED) is 0.630. The Balaban J connectivity index is 2.54. The molecule has 1 unspecified atom stereocenters. The highest BCUT2D eigenvalue weighted by Crippen LogP contribution is 2.33. The van der Waals surface area contributed by atoms with Crippen LogP contribution in [-0.2, 0) is 10.8 Å². The van der Waals surface area contributed by atoms with E-state index in [0.717, 1.165) is 17.4 Å². The van der Waals surface area contributed by atoms with Crippen molar-refractivity contribution in [2.24, 2.45) is 0 Å². The molecule has 0 N–H and O–H groups in total. The molecule has 98 valence electrons. The first kappa shape index (κ1) is 13.2. The van der Waals surface area contributed by atoms with Crippen LogP contribution >= 0.6 is 11.3 Å². The largest absolute Gasteiger partial charge is 0.304 e. The molecule has 0 saturated heterocycles. The van der Waals surface area contributed by atoms with Gasteiger partial charge in [0.1, 0.15) is 10.8 Å². The third kappa shape index (κ3) is 2.48. The molecule has 0 aliphatic heterocycles. The zero-order valence-electron chi connectivity index (χ0n) is 9.09. The molecule has 10 heteroatoms. The van der Waals surface area contributed by atoms with Gasteiger partial charge in [0.2, 0.25) is 5.03 Å². The number of aromatic nitrogens is 1. The van der Waals surface area contributed by atoms with Crippen molar-refractivity contribution in [2.75, 3.05) is 0 Å². The van der Waals surface area contributed by atoms with Crippen LogP contribution in [0.25, 0.3) is 0 Å². The SMILES string of the molecule is O=[N+]([O-])c1cccnc1S(=O)c1sccc1[N+](=O)[O-]. The lowest BCUT2D eigenvalue weighted by molar-refractivity contribution is -0.388. The molecule has 0 aliphatic carbocycles. The fraction of sp³-hybridized carbons (Fsp3) is 0. The summed E-state index contributed by atoms with van der Waals surface area (Å²) in [5.41, 5.74) is -0.758. The van der Waals surface area contributed by atoms with Crippen molar-refractivity contribution < 1.29 is 14.1 Å². The van der Waals surface area contributed by atoms with E-state index in [-0.39, 0.29) is 14.9 Å². The molecule has 0 aliphatic rings. The normalized spacial score (nSPS) is 12.0. The van der Waals surface area contributed by atoms with Crippen LogP contribution in [0.2, 0.25) is 0 Å². The molecule has 2 aromatic rings. The fourth-order valence-corrected chi connectivity index (χ4v) is 3.65. The maximum Gasteiger partial charge on any atom is 0.304 e. The van der Waals surface area contributed by atoms with Crippen molar-refractivity contribution in [3.8, 4) is 0 Å². The Kier molecular flexibility index (Phi) is 3.62. The van der Waals surface area contributed by atoms with E-state index in [9.17, 15) is 24.4 Å². The lowest BCUT2D eigenvalue weighted by Crippen LogP contribution is -2.02. The van der Waals surface area contributed by atoms with Crippen LogP contribution in [0.3, 0.4) is 0 Å². The van der Waals surface area contributed by atoms with Gasteiger partial charge in [-0.15, -0.1) is 11.3 Å². The Morgan fingerprint density at radius 1 is 1.16 bits per heavy atom. The molecule has 19 heavy (non-hydrogen) atoms. The average molecular weight is 299 g/mol. The number of nitrogens with zero attached hydrogens (tertiary/aromatic N) is 3. The highest BCUT2D eigenvalue weighted by atomic mass is 32.2. The zero-order chi connectivity index (χ0) is 14.0. The van der Waals surface area contributed by atoms with Gasteiger partial charge in [-0.2, -0.15) is 0 Å². The molecule has 0 spiro atoms. The van der Waals surface area contributed by atoms with Gasteiger partial charge in [0.05, 0.1) is 9.85 Å². The molecule has 0 aromatic carbocycles. The third-order valence-electron chi connectivity index (χ3n) is 2.10. The Morgan fingerprint density at radius 2 is 1.84 bits per heavy atom. The summed E-state index contributed by atoms with van der Waals surface area (Å²) in [6.07, 6.45) is 1.25. The monoisotopic (exact) mass is 299 g/mol. The van der Waals surface area contributed by atoms with Crippen LogP contribution in [0.5, 0.6) is 0 Å². The molecule has 0 fully saturated rings. The number of pyridine rings is 1. The maximum absolute atomic E-state index is 12.2. The Bertz CT molecular complexity index is 684. The van der Waals surface area contributed by atoms with Gasteiger partial charge in [-0.25, -0.2) is 9.19 Å². The van der Waals surface area contributed by atoms with E-state index in [2.05, 4.69) is 4.98 Å². The summed E-state index contributed by atoms with van der Waals surface area (Å²) in [7, 11) is -2.06. The van der Waals surface area contributed by atoms with Crippen LogP contribution < -0.4 is 0 Å². The predicted octanol–water partition coefficient (Wildman–Crippen LogP) is 2.13. The lowest BCUT2D eigenvalue weighted by Gasteiger charge is -1.99. The first-order valence-electron chi connectivity index (χ1n) is 4.75. The molecule has 0 amide bonds. The van der Waals surface area contributed by atoms with Crippen molar-refractivity contribution in [2.45, 2.75) is 9.24 Å². The smallest absolute Gasteiger partial charge is 0.258 e. The van der Waals surface area contributed by atoms with Gasteiger partial charge in [0.15, 0.2) is 4.21 Å². The molecule has 0 saturated carbocycles. The van der Waals surface area contributed by atoms with E-state index >= 15 is 0 Å². The molecule has 2 rings (SSSR count). The van der Waals surface area contributed by atoms with Crippen LogP contribution in [-0.4, -0.2) is 19.0 Å². The minimum absolute atomic E-state index is 0.0631. The Labute approximate surface area is 112 Å². The summed E-state index contributed by atoms with van der Waals surface area (Å²) in [6, 6.07) is 3.69. The zero-order valence-corrected chi connectivity index (χ0v) is 10.7. The number of hydrogen-bond acceptors (Lipinski definition) is 7. The van der Waals surface area contributed by atoms with E-state index in [1.165, 1.54) is 23.7 Å².